The van der Waals surface area contributed by atoms with Crippen LogP contribution in [0.15, 0.2) is 29.4 Å². The molecule has 8 nitrogen and oxygen atoms in total. The van der Waals surface area contributed by atoms with E-state index in [9.17, 15) is 4.79 Å². The number of nitrogens with one attached hydrogen (secondary N) is 3. The summed E-state index contributed by atoms with van der Waals surface area (Å²) in [5, 5.41) is 17.8. The molecule has 27 heavy (non-hydrogen) atoms. The summed E-state index contributed by atoms with van der Waals surface area (Å²) in [6.07, 6.45) is 7.02. The molecule has 9 heteroatoms. The van der Waals surface area contributed by atoms with Crippen LogP contribution in [-0.2, 0) is 11.3 Å². The maximum absolute atomic E-state index is 12.0. The molecule has 2 heterocycles. The molecule has 0 atom stereocenters. The molecule has 0 radical (unpaired) electrons. The number of aromatic nitrogens is 3. The van der Waals surface area contributed by atoms with Crippen LogP contribution in [0.2, 0.25) is 0 Å². The normalized spacial score (nSPS) is 14.8. The topological polar surface area (TPSA) is 95.7 Å². The predicted molar refractivity (Wildman–Crippen MR) is 116 cm³/mol. The Labute approximate surface area is 176 Å². The maximum atomic E-state index is 12.0. The van der Waals surface area contributed by atoms with Crippen molar-refractivity contribution in [1.82, 2.24) is 30.5 Å². The molecule has 1 fully saturated rings. The number of hydrogen-bond donors (Lipinski definition) is 3. The maximum Gasteiger partial charge on any atom is 0.221 e. The number of halogens is 1. The Balaban J connectivity index is 0.00000261. The lowest BCUT2D eigenvalue weighted by Crippen LogP contribution is -2.40. The lowest BCUT2D eigenvalue weighted by Gasteiger charge is -2.13. The van der Waals surface area contributed by atoms with Crippen LogP contribution in [0.4, 0.5) is 0 Å². The van der Waals surface area contributed by atoms with E-state index in [1.54, 1.807) is 0 Å². The van der Waals surface area contributed by atoms with Gasteiger partial charge in [0.2, 0.25) is 5.91 Å². The van der Waals surface area contributed by atoms with Crippen LogP contribution in [0, 0.1) is 0 Å². The van der Waals surface area contributed by atoms with Crippen molar-refractivity contribution >= 4 is 41.5 Å². The molecular weight excluding hydrogens is 457 g/mol. The first-order valence-electron chi connectivity index (χ1n) is 9.36. The largest absolute Gasteiger partial charge is 0.357 e. The summed E-state index contributed by atoms with van der Waals surface area (Å²) in [6.45, 7) is 3.72. The van der Waals surface area contributed by atoms with Crippen LogP contribution in [-0.4, -0.2) is 45.6 Å². The number of carbonyl (C=O) groups is 1. The van der Waals surface area contributed by atoms with Gasteiger partial charge in [-0.25, -0.2) is 4.99 Å². The van der Waals surface area contributed by atoms with Gasteiger partial charge in [-0.15, -0.1) is 34.2 Å². The number of rotatable bonds is 7. The number of nitrogens with zero attached hydrogens (tertiary/aromatic N) is 4. The average Bonchev–Trinajstić information content (AvgIpc) is 3.29. The zero-order valence-electron chi connectivity index (χ0n) is 15.6. The summed E-state index contributed by atoms with van der Waals surface area (Å²) >= 11 is 0. The first-order chi connectivity index (χ1) is 12.8. The molecule has 0 aliphatic heterocycles. The second-order valence-corrected chi connectivity index (χ2v) is 6.47. The Hall–Kier alpha value is -1.91. The molecule has 0 bridgehead atoms. The summed E-state index contributed by atoms with van der Waals surface area (Å²) in [5.74, 6) is 1.55. The number of fused-ring (bicyclic) bond motifs is 1. The molecule has 1 saturated carbocycles. The third-order valence-corrected chi connectivity index (χ3v) is 4.47. The van der Waals surface area contributed by atoms with E-state index in [2.05, 4.69) is 31.1 Å². The van der Waals surface area contributed by atoms with Gasteiger partial charge in [-0.2, -0.15) is 0 Å². The highest BCUT2D eigenvalue weighted by Crippen LogP contribution is 2.17. The van der Waals surface area contributed by atoms with Crippen LogP contribution in [0.25, 0.3) is 5.65 Å². The SMILES string of the molecule is CCNC(=NCc1nnc2ccccn12)NCCC(=O)NC1CCCC1.I. The van der Waals surface area contributed by atoms with Gasteiger partial charge in [-0.05, 0) is 31.9 Å². The van der Waals surface area contributed by atoms with Gasteiger partial charge in [0.1, 0.15) is 6.54 Å². The Morgan fingerprint density at radius 3 is 2.85 bits per heavy atom. The van der Waals surface area contributed by atoms with Crippen molar-refractivity contribution in [1.29, 1.82) is 0 Å². The van der Waals surface area contributed by atoms with Crippen molar-refractivity contribution in [2.45, 2.75) is 51.6 Å². The van der Waals surface area contributed by atoms with E-state index in [-0.39, 0.29) is 29.9 Å². The molecule has 0 spiro atoms. The fourth-order valence-electron chi connectivity index (χ4n) is 3.15. The Bertz CT molecular complexity index is 755. The minimum atomic E-state index is 0. The summed E-state index contributed by atoms with van der Waals surface area (Å²) in [6, 6.07) is 6.15. The third-order valence-electron chi connectivity index (χ3n) is 4.47. The highest BCUT2D eigenvalue weighted by Gasteiger charge is 2.16. The summed E-state index contributed by atoms with van der Waals surface area (Å²) < 4.78 is 1.92. The average molecular weight is 485 g/mol. The quantitative estimate of drug-likeness (QED) is 0.316. The molecule has 0 aromatic carbocycles. The molecular formula is C18H28IN7O. The molecule has 2 aromatic rings. The number of hydrogen-bond acceptors (Lipinski definition) is 4. The summed E-state index contributed by atoms with van der Waals surface area (Å²) in [4.78, 5) is 16.5. The van der Waals surface area contributed by atoms with Crippen molar-refractivity contribution in [2.75, 3.05) is 13.1 Å². The number of amides is 1. The van der Waals surface area contributed by atoms with Crippen LogP contribution in [0.3, 0.4) is 0 Å². The molecule has 0 saturated heterocycles. The lowest BCUT2D eigenvalue weighted by molar-refractivity contribution is -0.121. The van der Waals surface area contributed by atoms with Crippen LogP contribution in [0.5, 0.6) is 0 Å². The number of aliphatic imine (C=N–C) groups is 1. The zero-order chi connectivity index (χ0) is 18.2. The lowest BCUT2D eigenvalue weighted by atomic mass is 10.2. The van der Waals surface area contributed by atoms with E-state index in [0.717, 1.165) is 30.9 Å². The zero-order valence-corrected chi connectivity index (χ0v) is 18.0. The molecule has 148 valence electrons. The second-order valence-electron chi connectivity index (χ2n) is 6.47. The van der Waals surface area contributed by atoms with Gasteiger partial charge in [-0.1, -0.05) is 18.9 Å². The molecule has 1 amide bonds. The molecule has 1 aliphatic carbocycles. The van der Waals surface area contributed by atoms with Crippen molar-refractivity contribution < 1.29 is 4.79 Å². The Morgan fingerprint density at radius 1 is 1.26 bits per heavy atom. The number of carbonyl (C=O) groups excluding carboxylic acids is 1. The van der Waals surface area contributed by atoms with Crippen LogP contribution >= 0.6 is 24.0 Å². The van der Waals surface area contributed by atoms with Gasteiger partial charge in [0.05, 0.1) is 0 Å². The van der Waals surface area contributed by atoms with Crippen molar-refractivity contribution in [2.24, 2.45) is 4.99 Å². The standard InChI is InChI=1S/C18H27N7O.HI/c1-2-19-18(20-11-10-17(26)22-14-7-3-4-8-14)21-13-16-24-23-15-9-5-6-12-25(15)16;/h5-6,9,12,14H,2-4,7-8,10-11,13H2,1H3,(H,22,26)(H2,19,20,21);1H. The first-order valence-corrected chi connectivity index (χ1v) is 9.36. The molecule has 2 aromatic heterocycles. The summed E-state index contributed by atoms with van der Waals surface area (Å²) in [5.41, 5.74) is 0.805. The smallest absolute Gasteiger partial charge is 0.221 e. The Morgan fingerprint density at radius 2 is 2.07 bits per heavy atom. The van der Waals surface area contributed by atoms with E-state index < -0.39 is 0 Å². The predicted octanol–water partition coefficient (Wildman–Crippen LogP) is 1.85. The van der Waals surface area contributed by atoms with E-state index in [1.165, 1.54) is 12.8 Å². The second kappa shape index (κ2) is 11.1. The number of pyridine rings is 1. The molecule has 3 rings (SSSR count). The van der Waals surface area contributed by atoms with Gasteiger partial charge >= 0.3 is 0 Å². The fraction of sp³-hybridized carbons (Fsp3) is 0.556. The first kappa shape index (κ1) is 21.4. The van der Waals surface area contributed by atoms with E-state index >= 15 is 0 Å². The minimum Gasteiger partial charge on any atom is -0.357 e. The van der Waals surface area contributed by atoms with Crippen molar-refractivity contribution in [3.63, 3.8) is 0 Å². The van der Waals surface area contributed by atoms with Crippen molar-refractivity contribution in [3.8, 4) is 0 Å². The van der Waals surface area contributed by atoms with Gasteiger partial charge in [0, 0.05) is 31.7 Å². The highest BCUT2D eigenvalue weighted by molar-refractivity contribution is 14.0. The van der Waals surface area contributed by atoms with Gasteiger partial charge in [0.25, 0.3) is 0 Å². The van der Waals surface area contributed by atoms with E-state index in [4.69, 9.17) is 0 Å². The third kappa shape index (κ3) is 6.33. The summed E-state index contributed by atoms with van der Waals surface area (Å²) in [7, 11) is 0. The molecule has 1 aliphatic rings. The number of guanidine groups is 1. The highest BCUT2D eigenvalue weighted by atomic mass is 127. The fourth-order valence-corrected chi connectivity index (χ4v) is 3.15. The minimum absolute atomic E-state index is 0. The van der Waals surface area contributed by atoms with E-state index in [1.807, 2.05) is 35.7 Å². The van der Waals surface area contributed by atoms with Gasteiger partial charge < -0.3 is 16.0 Å². The van der Waals surface area contributed by atoms with Gasteiger partial charge in [0.15, 0.2) is 17.4 Å². The van der Waals surface area contributed by atoms with Gasteiger partial charge in [-0.3, -0.25) is 9.20 Å². The van der Waals surface area contributed by atoms with Crippen LogP contribution in [0.1, 0.15) is 44.9 Å². The van der Waals surface area contributed by atoms with Crippen molar-refractivity contribution in [3.05, 3.63) is 30.2 Å². The molecule has 0 unspecified atom stereocenters. The Kier molecular flexibility index (Phi) is 8.76. The van der Waals surface area contributed by atoms with E-state index in [0.29, 0.717) is 31.5 Å². The van der Waals surface area contributed by atoms with Crippen LogP contribution < -0.4 is 16.0 Å². The monoisotopic (exact) mass is 485 g/mol. The molecule has 3 N–H and O–H groups in total.